The molecule has 1 aliphatic carbocycles. The zero-order chi connectivity index (χ0) is 22.6. The van der Waals surface area contributed by atoms with Crippen LogP contribution < -0.4 is 15.8 Å². The Bertz CT molecular complexity index is 1330. The molecule has 10 heteroatoms. The second-order valence-corrected chi connectivity index (χ2v) is 9.57. The van der Waals surface area contributed by atoms with Crippen LogP contribution in [0.5, 0.6) is 0 Å². The number of fused-ring (bicyclic) bond motifs is 1. The second kappa shape index (κ2) is 7.17. The van der Waals surface area contributed by atoms with E-state index in [9.17, 15) is 8.42 Å². The third-order valence-corrected chi connectivity index (χ3v) is 7.47. The van der Waals surface area contributed by atoms with Gasteiger partial charge >= 0.3 is 0 Å². The predicted octanol–water partition coefficient (Wildman–Crippen LogP) is 1.46. The standard InChI is InChI=1S/C21H25N7O2S/c1-13-15-7-6-14(12-17(15)26-28(13)4)27(3)21(2)18(31(23,29)30)9-8-16(22)19(21)20-24-10-5-11-25-20/h5-12,18H,22H2,1-4H3,(H2,23,29,30). The van der Waals surface area contributed by atoms with E-state index in [1.54, 1.807) is 31.5 Å². The van der Waals surface area contributed by atoms with Gasteiger partial charge < -0.3 is 10.6 Å². The van der Waals surface area contributed by atoms with Crippen LogP contribution >= 0.6 is 0 Å². The van der Waals surface area contributed by atoms with Gasteiger partial charge in [-0.2, -0.15) is 5.10 Å². The fourth-order valence-corrected chi connectivity index (χ4v) is 5.48. The first-order chi connectivity index (χ1) is 14.5. The summed E-state index contributed by atoms with van der Waals surface area (Å²) in [5.74, 6) is 0.349. The van der Waals surface area contributed by atoms with Crippen molar-refractivity contribution in [2.24, 2.45) is 17.9 Å². The summed E-state index contributed by atoms with van der Waals surface area (Å²) in [4.78, 5) is 10.5. The van der Waals surface area contributed by atoms with Gasteiger partial charge in [0, 0.05) is 54.5 Å². The second-order valence-electron chi connectivity index (χ2n) is 7.89. The summed E-state index contributed by atoms with van der Waals surface area (Å²) in [7, 11) is -0.293. The van der Waals surface area contributed by atoms with E-state index in [4.69, 9.17) is 10.9 Å². The number of nitrogens with zero attached hydrogens (tertiary/aromatic N) is 5. The van der Waals surface area contributed by atoms with Gasteiger partial charge in [0.15, 0.2) is 5.82 Å². The Morgan fingerprint density at radius 1 is 1.23 bits per heavy atom. The van der Waals surface area contributed by atoms with Crippen molar-refractivity contribution in [1.29, 1.82) is 0 Å². The van der Waals surface area contributed by atoms with Gasteiger partial charge in [-0.25, -0.2) is 23.5 Å². The molecule has 0 saturated heterocycles. The lowest BCUT2D eigenvalue weighted by molar-refractivity contribution is 0.525. The fourth-order valence-electron chi connectivity index (χ4n) is 4.26. The van der Waals surface area contributed by atoms with E-state index in [2.05, 4.69) is 15.1 Å². The zero-order valence-electron chi connectivity index (χ0n) is 17.8. The number of allylic oxidation sites excluding steroid dienone is 1. The number of benzene rings is 1. The molecule has 0 bridgehead atoms. The largest absolute Gasteiger partial charge is 0.398 e. The molecule has 2 aromatic heterocycles. The molecule has 31 heavy (non-hydrogen) atoms. The van der Waals surface area contributed by atoms with Gasteiger partial charge in [-0.3, -0.25) is 4.68 Å². The Morgan fingerprint density at radius 3 is 2.55 bits per heavy atom. The van der Waals surface area contributed by atoms with Crippen LogP contribution in [0.1, 0.15) is 18.4 Å². The van der Waals surface area contributed by atoms with Crippen molar-refractivity contribution in [3.63, 3.8) is 0 Å². The molecule has 2 heterocycles. The molecule has 1 aliphatic rings. The maximum atomic E-state index is 12.7. The van der Waals surface area contributed by atoms with Gasteiger partial charge in [0.1, 0.15) is 5.25 Å². The molecule has 4 N–H and O–H groups in total. The smallest absolute Gasteiger partial charge is 0.218 e. The van der Waals surface area contributed by atoms with Crippen molar-refractivity contribution in [2.45, 2.75) is 24.6 Å². The van der Waals surface area contributed by atoms with Crippen LogP contribution in [0.15, 0.2) is 54.5 Å². The number of sulfonamides is 1. The predicted molar refractivity (Wildman–Crippen MR) is 121 cm³/mol. The van der Waals surface area contributed by atoms with E-state index in [1.165, 1.54) is 6.08 Å². The van der Waals surface area contributed by atoms with E-state index in [0.29, 0.717) is 17.1 Å². The lowest BCUT2D eigenvalue weighted by Crippen LogP contribution is -2.59. The van der Waals surface area contributed by atoms with Gasteiger partial charge in [-0.1, -0.05) is 6.08 Å². The van der Waals surface area contributed by atoms with Crippen molar-refractivity contribution < 1.29 is 8.42 Å². The van der Waals surface area contributed by atoms with Gasteiger partial charge in [0.25, 0.3) is 0 Å². The first kappa shape index (κ1) is 21.0. The Balaban J connectivity index is 1.94. The maximum Gasteiger partial charge on any atom is 0.218 e. The number of likely N-dealkylation sites (N-methyl/N-ethyl adjacent to an activating group) is 1. The fraction of sp³-hybridized carbons (Fsp3) is 0.286. The molecular formula is C21H25N7O2S. The van der Waals surface area contributed by atoms with Crippen molar-refractivity contribution in [1.82, 2.24) is 19.7 Å². The summed E-state index contributed by atoms with van der Waals surface area (Å²) in [6, 6.07) is 7.52. The first-order valence-electron chi connectivity index (χ1n) is 9.69. The summed E-state index contributed by atoms with van der Waals surface area (Å²) >= 11 is 0. The summed E-state index contributed by atoms with van der Waals surface area (Å²) < 4.78 is 27.1. The average molecular weight is 440 g/mol. The first-order valence-corrected chi connectivity index (χ1v) is 11.3. The molecule has 0 spiro atoms. The van der Waals surface area contributed by atoms with E-state index < -0.39 is 20.8 Å². The van der Waals surface area contributed by atoms with Crippen LogP contribution in [0.4, 0.5) is 5.69 Å². The normalized spacial score (nSPS) is 21.6. The zero-order valence-corrected chi connectivity index (χ0v) is 18.6. The Kier molecular flexibility index (Phi) is 4.86. The molecule has 4 rings (SSSR count). The van der Waals surface area contributed by atoms with Crippen LogP contribution in [-0.2, 0) is 17.1 Å². The van der Waals surface area contributed by atoms with Crippen LogP contribution in [0.25, 0.3) is 16.5 Å². The van der Waals surface area contributed by atoms with Gasteiger partial charge in [0.2, 0.25) is 10.0 Å². The lowest BCUT2D eigenvalue weighted by Gasteiger charge is -2.47. The van der Waals surface area contributed by atoms with Crippen LogP contribution in [0.3, 0.4) is 0 Å². The van der Waals surface area contributed by atoms with Crippen LogP contribution in [-0.4, -0.2) is 46.0 Å². The third kappa shape index (κ3) is 3.28. The minimum atomic E-state index is -3.99. The summed E-state index contributed by atoms with van der Waals surface area (Å²) in [5, 5.41) is 10.2. The number of anilines is 1. The van der Waals surface area contributed by atoms with Gasteiger partial charge in [0.05, 0.1) is 11.1 Å². The summed E-state index contributed by atoms with van der Waals surface area (Å²) in [5.41, 5.74) is 8.67. The minimum absolute atomic E-state index is 0.349. The van der Waals surface area contributed by atoms with Crippen LogP contribution in [0.2, 0.25) is 0 Å². The van der Waals surface area contributed by atoms with Gasteiger partial charge in [-0.05, 0) is 44.2 Å². The number of hydrogen-bond acceptors (Lipinski definition) is 7. The quantitative estimate of drug-likeness (QED) is 0.629. The highest BCUT2D eigenvalue weighted by Crippen LogP contribution is 2.43. The Morgan fingerprint density at radius 2 is 1.90 bits per heavy atom. The van der Waals surface area contributed by atoms with Crippen molar-refractivity contribution in [3.05, 3.63) is 66.0 Å². The molecule has 0 radical (unpaired) electrons. The highest BCUT2D eigenvalue weighted by Gasteiger charge is 2.50. The molecule has 0 amide bonds. The molecule has 0 aliphatic heterocycles. The number of primary sulfonamides is 1. The molecule has 3 aromatic rings. The Hall–Kier alpha value is -3.24. The molecule has 1 aromatic carbocycles. The lowest BCUT2D eigenvalue weighted by atomic mass is 9.80. The van der Waals surface area contributed by atoms with Crippen molar-refractivity contribution in [2.75, 3.05) is 11.9 Å². The SMILES string of the molecule is Cc1c2ccc(N(C)C3(C)C(c4ncccn4)=C(N)C=CC3S(N)(=O)=O)cc2nn1C. The highest BCUT2D eigenvalue weighted by atomic mass is 32.2. The summed E-state index contributed by atoms with van der Waals surface area (Å²) in [6.45, 7) is 3.79. The molecule has 0 saturated carbocycles. The number of aryl methyl sites for hydroxylation is 2. The average Bonchev–Trinajstić information content (AvgIpc) is 3.00. The van der Waals surface area contributed by atoms with Crippen molar-refractivity contribution >= 4 is 32.2 Å². The van der Waals surface area contributed by atoms with Gasteiger partial charge in [-0.15, -0.1) is 0 Å². The van der Waals surface area contributed by atoms with Crippen molar-refractivity contribution in [3.8, 4) is 0 Å². The van der Waals surface area contributed by atoms with Crippen LogP contribution in [0, 0.1) is 6.92 Å². The van der Waals surface area contributed by atoms with E-state index >= 15 is 0 Å². The molecule has 2 atom stereocenters. The number of nitrogens with two attached hydrogens (primary N) is 2. The minimum Gasteiger partial charge on any atom is -0.398 e. The molecule has 162 valence electrons. The molecule has 0 fully saturated rings. The molecule has 2 unspecified atom stereocenters. The maximum absolute atomic E-state index is 12.7. The molecular weight excluding hydrogens is 414 g/mol. The van der Waals surface area contributed by atoms with E-state index in [1.807, 2.05) is 48.8 Å². The Labute approximate surface area is 181 Å². The highest BCUT2D eigenvalue weighted by molar-refractivity contribution is 7.90. The van der Waals surface area contributed by atoms with E-state index in [-0.39, 0.29) is 0 Å². The number of rotatable bonds is 4. The monoisotopic (exact) mass is 439 g/mol. The topological polar surface area (TPSA) is 133 Å². The number of aromatic nitrogens is 4. The van der Waals surface area contributed by atoms with E-state index in [0.717, 1.165) is 22.3 Å². The molecule has 9 nitrogen and oxygen atoms in total. The number of hydrogen-bond donors (Lipinski definition) is 2. The summed E-state index contributed by atoms with van der Waals surface area (Å²) in [6.07, 6.45) is 6.27. The third-order valence-electron chi connectivity index (χ3n) is 6.14.